The van der Waals surface area contributed by atoms with Crippen LogP contribution in [0.2, 0.25) is 10.0 Å². The van der Waals surface area contributed by atoms with Crippen LogP contribution < -0.4 is 10.9 Å². The van der Waals surface area contributed by atoms with Crippen LogP contribution in [0.15, 0.2) is 71.8 Å². The maximum absolute atomic E-state index is 12.9. The molecule has 0 fully saturated rings. The van der Waals surface area contributed by atoms with Gasteiger partial charge in [0.2, 0.25) is 0 Å². The summed E-state index contributed by atoms with van der Waals surface area (Å²) in [5.41, 5.74) is 2.49. The maximum Gasteiger partial charge on any atom is 0.328 e. The molecule has 35 heavy (non-hydrogen) atoms. The molecule has 0 saturated heterocycles. The minimum absolute atomic E-state index is 0.0722. The lowest BCUT2D eigenvalue weighted by Gasteiger charge is -2.19. The number of carbonyl (C=O) groups excluding carboxylic acids is 2. The molecule has 0 radical (unpaired) electrons. The molecule has 4 rings (SSSR count). The lowest BCUT2D eigenvalue weighted by molar-refractivity contribution is -0.142. The second-order valence-corrected chi connectivity index (χ2v) is 8.67. The molecule has 4 aromatic rings. The summed E-state index contributed by atoms with van der Waals surface area (Å²) in [7, 11) is 2.93. The summed E-state index contributed by atoms with van der Waals surface area (Å²) in [6.07, 6.45) is 3.42. The van der Waals surface area contributed by atoms with E-state index < -0.39 is 17.9 Å². The molecule has 2 heterocycles. The van der Waals surface area contributed by atoms with Gasteiger partial charge in [0.25, 0.3) is 11.5 Å². The van der Waals surface area contributed by atoms with Gasteiger partial charge in [0.15, 0.2) is 0 Å². The van der Waals surface area contributed by atoms with Crippen molar-refractivity contribution in [2.45, 2.75) is 12.5 Å². The normalized spacial score (nSPS) is 11.8. The number of aromatic nitrogens is 2. The number of ether oxygens (including phenoxy) is 1. The molecule has 0 aliphatic heterocycles. The van der Waals surface area contributed by atoms with Crippen LogP contribution in [0, 0.1) is 0 Å². The van der Waals surface area contributed by atoms with Gasteiger partial charge in [0.05, 0.1) is 28.2 Å². The topological polar surface area (TPSA) is 90.3 Å². The van der Waals surface area contributed by atoms with Crippen molar-refractivity contribution in [3.8, 4) is 11.1 Å². The second-order valence-electron chi connectivity index (χ2n) is 7.86. The number of halogens is 2. The zero-order valence-corrected chi connectivity index (χ0v) is 20.4. The number of pyridine rings is 2. The van der Waals surface area contributed by atoms with E-state index in [-0.39, 0.29) is 27.6 Å². The Morgan fingerprint density at radius 1 is 1.03 bits per heavy atom. The van der Waals surface area contributed by atoms with Crippen LogP contribution in [0.4, 0.5) is 0 Å². The minimum atomic E-state index is -1.03. The number of nitrogens with zero attached hydrogens (tertiary/aromatic N) is 2. The van der Waals surface area contributed by atoms with Crippen molar-refractivity contribution in [1.29, 1.82) is 0 Å². The van der Waals surface area contributed by atoms with Crippen molar-refractivity contribution in [3.05, 3.63) is 98.5 Å². The minimum Gasteiger partial charge on any atom is -0.467 e. The zero-order valence-electron chi connectivity index (χ0n) is 18.9. The maximum atomic E-state index is 12.9. The number of amides is 1. The highest BCUT2D eigenvalue weighted by atomic mass is 35.5. The van der Waals surface area contributed by atoms with E-state index in [1.165, 1.54) is 11.7 Å². The predicted molar refractivity (Wildman–Crippen MR) is 136 cm³/mol. The van der Waals surface area contributed by atoms with Crippen LogP contribution in [0.25, 0.3) is 22.0 Å². The van der Waals surface area contributed by atoms with E-state index in [9.17, 15) is 14.4 Å². The summed E-state index contributed by atoms with van der Waals surface area (Å²) in [4.78, 5) is 42.8. The highest BCUT2D eigenvalue weighted by Gasteiger charge is 2.26. The van der Waals surface area contributed by atoms with E-state index in [0.717, 1.165) is 10.9 Å². The summed E-state index contributed by atoms with van der Waals surface area (Å²) >= 11 is 12.3. The van der Waals surface area contributed by atoms with Crippen LogP contribution in [0.3, 0.4) is 0 Å². The average molecular weight is 510 g/mol. The lowest BCUT2D eigenvalue weighted by Crippen LogP contribution is -2.43. The average Bonchev–Trinajstić information content (AvgIpc) is 2.85. The number of aryl methyl sites for hydroxylation is 1. The lowest BCUT2D eigenvalue weighted by atomic mass is 9.95. The first-order valence-electron chi connectivity index (χ1n) is 10.7. The Bertz CT molecular complexity index is 1480. The van der Waals surface area contributed by atoms with E-state index in [0.29, 0.717) is 16.6 Å². The Kier molecular flexibility index (Phi) is 7.19. The Morgan fingerprint density at radius 2 is 1.77 bits per heavy atom. The van der Waals surface area contributed by atoms with E-state index >= 15 is 0 Å². The molecule has 2 aromatic carbocycles. The molecule has 1 amide bonds. The van der Waals surface area contributed by atoms with Crippen LogP contribution in [0.1, 0.15) is 15.9 Å². The van der Waals surface area contributed by atoms with E-state index in [1.54, 1.807) is 61.9 Å². The van der Waals surface area contributed by atoms with Gasteiger partial charge in [-0.3, -0.25) is 14.6 Å². The first-order valence-corrected chi connectivity index (χ1v) is 11.4. The number of nitrogens with one attached hydrogen (secondary N) is 1. The smallest absolute Gasteiger partial charge is 0.328 e. The first kappa shape index (κ1) is 24.4. The van der Waals surface area contributed by atoms with Crippen molar-refractivity contribution < 1.29 is 14.3 Å². The molecule has 1 atom stereocenters. The van der Waals surface area contributed by atoms with Crippen LogP contribution >= 0.6 is 23.2 Å². The molecule has 178 valence electrons. The fourth-order valence-corrected chi connectivity index (χ4v) is 4.50. The number of carbonyl (C=O) groups is 2. The Balaban J connectivity index is 1.74. The molecule has 0 aliphatic rings. The number of hydrogen-bond donors (Lipinski definition) is 1. The summed E-state index contributed by atoms with van der Waals surface area (Å²) < 4.78 is 6.44. The zero-order chi connectivity index (χ0) is 25.1. The highest BCUT2D eigenvalue weighted by molar-refractivity contribution is 6.39. The number of fused-ring (bicyclic) bond motifs is 1. The van der Waals surface area contributed by atoms with Gasteiger partial charge in [-0.25, -0.2) is 4.79 Å². The van der Waals surface area contributed by atoms with E-state index in [1.807, 2.05) is 12.1 Å². The molecular formula is C26H21Cl2N3O4. The largest absolute Gasteiger partial charge is 0.467 e. The summed E-state index contributed by atoms with van der Waals surface area (Å²) in [6, 6.07) is 14.5. The molecule has 9 heteroatoms. The summed E-state index contributed by atoms with van der Waals surface area (Å²) in [6.45, 7) is 0. The predicted octanol–water partition coefficient (Wildman–Crippen LogP) is 4.42. The fraction of sp³-hybridized carbons (Fsp3) is 0.154. The highest BCUT2D eigenvalue weighted by Crippen LogP contribution is 2.29. The van der Waals surface area contributed by atoms with Crippen LogP contribution in [-0.2, 0) is 23.0 Å². The van der Waals surface area contributed by atoms with Crippen molar-refractivity contribution in [1.82, 2.24) is 14.9 Å². The van der Waals surface area contributed by atoms with Gasteiger partial charge in [-0.05, 0) is 41.5 Å². The number of rotatable bonds is 6. The Morgan fingerprint density at radius 3 is 2.49 bits per heavy atom. The number of esters is 1. The molecular weight excluding hydrogens is 489 g/mol. The van der Waals surface area contributed by atoms with Crippen molar-refractivity contribution >= 4 is 46.0 Å². The van der Waals surface area contributed by atoms with E-state index in [2.05, 4.69) is 10.3 Å². The first-order chi connectivity index (χ1) is 16.8. The van der Waals surface area contributed by atoms with Gasteiger partial charge < -0.3 is 14.6 Å². The van der Waals surface area contributed by atoms with Gasteiger partial charge >= 0.3 is 5.97 Å². The number of benzene rings is 2. The van der Waals surface area contributed by atoms with Gasteiger partial charge in [-0.2, -0.15) is 0 Å². The van der Waals surface area contributed by atoms with Crippen molar-refractivity contribution in [2.24, 2.45) is 7.05 Å². The Hall–Kier alpha value is -3.68. The monoisotopic (exact) mass is 509 g/mol. The summed E-state index contributed by atoms with van der Waals surface area (Å²) in [5.74, 6) is -1.23. The third-order valence-electron chi connectivity index (χ3n) is 5.67. The second kappa shape index (κ2) is 10.3. The third-order valence-corrected chi connectivity index (χ3v) is 6.30. The van der Waals surface area contributed by atoms with Gasteiger partial charge in [0.1, 0.15) is 6.04 Å². The SMILES string of the molecule is COC(=O)[C@H](Cc1ccc(-c2cccn(C)c2=O)c2cccnc12)NC(=O)c1c(Cl)cccc1Cl. The van der Waals surface area contributed by atoms with Crippen molar-refractivity contribution in [2.75, 3.05) is 7.11 Å². The molecule has 2 aromatic heterocycles. The molecule has 7 nitrogen and oxygen atoms in total. The molecule has 0 spiro atoms. The molecule has 0 saturated carbocycles. The fourth-order valence-electron chi connectivity index (χ4n) is 3.93. The molecule has 0 bridgehead atoms. The van der Waals surface area contributed by atoms with E-state index in [4.69, 9.17) is 27.9 Å². The molecule has 0 unspecified atom stereocenters. The summed E-state index contributed by atoms with van der Waals surface area (Å²) in [5, 5.41) is 3.76. The van der Waals surface area contributed by atoms with Crippen LogP contribution in [-0.4, -0.2) is 34.6 Å². The van der Waals surface area contributed by atoms with Gasteiger partial charge in [-0.15, -0.1) is 0 Å². The number of hydrogen-bond acceptors (Lipinski definition) is 5. The van der Waals surface area contributed by atoms with Crippen LogP contribution in [0.5, 0.6) is 0 Å². The molecule has 1 N–H and O–H groups in total. The Labute approximate surface area is 211 Å². The number of methoxy groups -OCH3 is 1. The van der Waals surface area contributed by atoms with Crippen molar-refractivity contribution in [3.63, 3.8) is 0 Å². The van der Waals surface area contributed by atoms with Gasteiger partial charge in [-0.1, -0.05) is 47.5 Å². The standard InChI is InChI=1S/C26H21Cl2N3O4/c1-31-13-5-7-18(25(31)33)16-11-10-15(23-17(16)6-4-12-29-23)14-21(26(34)35-2)30-24(32)22-19(27)8-3-9-20(22)28/h3-13,21H,14H2,1-2H3,(H,30,32)/t21-/m0/s1. The molecule has 0 aliphatic carbocycles. The quantitative estimate of drug-likeness (QED) is 0.388. The van der Waals surface area contributed by atoms with Gasteiger partial charge in [0, 0.05) is 36.8 Å². The third kappa shape index (κ3) is 4.92.